The van der Waals surface area contributed by atoms with Crippen molar-refractivity contribution in [3.8, 4) is 5.75 Å². The molecule has 3 aromatic rings. The van der Waals surface area contributed by atoms with Gasteiger partial charge >= 0.3 is 0 Å². The molecule has 176 valence electrons. The minimum Gasteiger partial charge on any atom is -0.489 e. The molecule has 0 spiro atoms. The molecule has 6 heteroatoms. The number of likely N-dealkylation sites (tertiary alicyclic amines) is 1. The zero-order valence-electron chi connectivity index (χ0n) is 19.3. The Morgan fingerprint density at radius 2 is 1.53 bits per heavy atom. The second kappa shape index (κ2) is 11.9. The molecule has 0 saturated carbocycles. The van der Waals surface area contributed by atoms with Gasteiger partial charge in [0.1, 0.15) is 12.4 Å². The molecule has 1 aliphatic heterocycles. The molecule has 0 aliphatic carbocycles. The molecule has 3 aromatic carbocycles. The molecule has 1 saturated heterocycles. The van der Waals surface area contributed by atoms with Crippen molar-refractivity contribution in [1.82, 2.24) is 4.90 Å². The summed E-state index contributed by atoms with van der Waals surface area (Å²) in [5.41, 5.74) is 3.22. The summed E-state index contributed by atoms with van der Waals surface area (Å²) in [6.45, 7) is 2.25. The number of amides is 2. The fourth-order valence-electron chi connectivity index (χ4n) is 3.98. The quantitative estimate of drug-likeness (QED) is 0.480. The van der Waals surface area contributed by atoms with Gasteiger partial charge in [-0.25, -0.2) is 0 Å². The zero-order chi connectivity index (χ0) is 23.6. The number of carbonyl (C=O) groups is 2. The molecular weight excluding hydrogens is 426 g/mol. The first-order valence-corrected chi connectivity index (χ1v) is 11.9. The van der Waals surface area contributed by atoms with E-state index >= 15 is 0 Å². The van der Waals surface area contributed by atoms with Gasteiger partial charge in [-0.1, -0.05) is 49.2 Å². The zero-order valence-corrected chi connectivity index (χ0v) is 19.3. The summed E-state index contributed by atoms with van der Waals surface area (Å²) < 4.78 is 5.84. The predicted molar refractivity (Wildman–Crippen MR) is 135 cm³/mol. The lowest BCUT2D eigenvalue weighted by Gasteiger charge is -2.20. The summed E-state index contributed by atoms with van der Waals surface area (Å²) in [5.74, 6) is 0.636. The van der Waals surface area contributed by atoms with Crippen LogP contribution in [-0.4, -0.2) is 36.3 Å². The van der Waals surface area contributed by atoms with E-state index in [-0.39, 0.29) is 18.4 Å². The maximum atomic E-state index is 12.7. The van der Waals surface area contributed by atoms with Gasteiger partial charge in [-0.05, 0) is 54.8 Å². The molecule has 34 heavy (non-hydrogen) atoms. The van der Waals surface area contributed by atoms with Crippen molar-refractivity contribution in [3.63, 3.8) is 0 Å². The van der Waals surface area contributed by atoms with E-state index in [4.69, 9.17) is 4.74 Å². The Bertz CT molecular complexity index is 1080. The third-order valence-electron chi connectivity index (χ3n) is 5.84. The van der Waals surface area contributed by atoms with Gasteiger partial charge in [0.15, 0.2) is 0 Å². The second-order valence-electron chi connectivity index (χ2n) is 8.49. The van der Waals surface area contributed by atoms with Gasteiger partial charge in [0.05, 0.1) is 6.54 Å². The average Bonchev–Trinajstić information content (AvgIpc) is 3.17. The largest absolute Gasteiger partial charge is 0.489 e. The number of anilines is 2. The van der Waals surface area contributed by atoms with Crippen LogP contribution in [0.5, 0.6) is 5.75 Å². The maximum absolute atomic E-state index is 12.7. The van der Waals surface area contributed by atoms with Crippen LogP contribution in [0.4, 0.5) is 11.4 Å². The van der Waals surface area contributed by atoms with E-state index < -0.39 is 0 Å². The van der Waals surface area contributed by atoms with Crippen molar-refractivity contribution in [3.05, 3.63) is 90.0 Å². The average molecular weight is 458 g/mol. The highest BCUT2D eigenvalue weighted by Gasteiger charge is 2.17. The molecule has 6 nitrogen and oxygen atoms in total. The Morgan fingerprint density at radius 3 is 2.26 bits per heavy atom. The molecule has 4 rings (SSSR count). The molecule has 0 bridgehead atoms. The number of carbonyl (C=O) groups excluding carboxylic acids is 2. The van der Waals surface area contributed by atoms with Gasteiger partial charge in [0, 0.05) is 36.1 Å². The first-order chi connectivity index (χ1) is 16.7. The first-order valence-electron chi connectivity index (χ1n) is 11.9. The lowest BCUT2D eigenvalue weighted by Crippen LogP contribution is -2.31. The summed E-state index contributed by atoms with van der Waals surface area (Å²) in [6, 6.07) is 24.6. The third kappa shape index (κ3) is 6.85. The summed E-state index contributed by atoms with van der Waals surface area (Å²) in [6.07, 6.45) is 4.51. The number of nitrogens with zero attached hydrogens (tertiary/aromatic N) is 1. The normalized spacial score (nSPS) is 13.6. The third-order valence-corrected chi connectivity index (χ3v) is 5.84. The second-order valence-corrected chi connectivity index (χ2v) is 8.49. The van der Waals surface area contributed by atoms with Gasteiger partial charge in [-0.15, -0.1) is 0 Å². The lowest BCUT2D eigenvalue weighted by molar-refractivity contribution is -0.114. The lowest BCUT2D eigenvalue weighted by atomic mass is 10.1. The summed E-state index contributed by atoms with van der Waals surface area (Å²) >= 11 is 0. The Kier molecular flexibility index (Phi) is 8.17. The number of rotatable bonds is 8. The predicted octanol–water partition coefficient (Wildman–Crippen LogP) is 5.33. The Hall–Kier alpha value is -3.80. The standard InChI is InChI=1S/C28H31N3O3/c32-27(20-29-25-11-8-12-26(19-25)34-21-22-9-4-3-5-10-22)30-24-15-13-23(14-16-24)28(33)31-17-6-1-2-7-18-31/h3-5,8-16,19,29H,1-2,6-7,17-18,20-21H2,(H,30,32). The Morgan fingerprint density at radius 1 is 0.794 bits per heavy atom. The van der Waals surface area contributed by atoms with Crippen LogP contribution in [0.2, 0.25) is 0 Å². The van der Waals surface area contributed by atoms with Gasteiger partial charge in [0.2, 0.25) is 5.91 Å². The van der Waals surface area contributed by atoms with Crippen LogP contribution in [0.25, 0.3) is 0 Å². The van der Waals surface area contributed by atoms with E-state index in [0.29, 0.717) is 17.9 Å². The maximum Gasteiger partial charge on any atom is 0.253 e. The van der Waals surface area contributed by atoms with Crippen molar-refractivity contribution in [2.75, 3.05) is 30.3 Å². The van der Waals surface area contributed by atoms with Crippen LogP contribution in [0.3, 0.4) is 0 Å². The minimum atomic E-state index is -0.165. The highest BCUT2D eigenvalue weighted by Crippen LogP contribution is 2.19. The molecule has 2 amide bonds. The molecular formula is C28H31N3O3. The van der Waals surface area contributed by atoms with Crippen LogP contribution < -0.4 is 15.4 Å². The molecule has 1 fully saturated rings. The molecule has 1 aliphatic rings. The van der Waals surface area contributed by atoms with Gasteiger partial charge in [-0.3, -0.25) is 9.59 Å². The molecule has 2 N–H and O–H groups in total. The van der Waals surface area contributed by atoms with Crippen molar-refractivity contribution in [2.24, 2.45) is 0 Å². The Balaban J connectivity index is 1.25. The fourth-order valence-corrected chi connectivity index (χ4v) is 3.98. The molecule has 0 unspecified atom stereocenters. The number of benzene rings is 3. The van der Waals surface area contributed by atoms with Crippen molar-refractivity contribution in [1.29, 1.82) is 0 Å². The van der Waals surface area contributed by atoms with E-state index in [0.717, 1.165) is 42.9 Å². The molecule has 0 radical (unpaired) electrons. The monoisotopic (exact) mass is 457 g/mol. The van der Waals surface area contributed by atoms with E-state index in [1.165, 1.54) is 12.8 Å². The van der Waals surface area contributed by atoms with Gasteiger partial charge in [-0.2, -0.15) is 0 Å². The van der Waals surface area contributed by atoms with Crippen LogP contribution in [-0.2, 0) is 11.4 Å². The van der Waals surface area contributed by atoms with Crippen LogP contribution >= 0.6 is 0 Å². The minimum absolute atomic E-state index is 0.0656. The van der Waals surface area contributed by atoms with E-state index in [1.54, 1.807) is 24.3 Å². The smallest absolute Gasteiger partial charge is 0.253 e. The topological polar surface area (TPSA) is 70.7 Å². The summed E-state index contributed by atoms with van der Waals surface area (Å²) in [5, 5.41) is 6.00. The number of hydrogen-bond donors (Lipinski definition) is 2. The van der Waals surface area contributed by atoms with E-state index in [1.807, 2.05) is 59.5 Å². The van der Waals surface area contributed by atoms with Crippen LogP contribution in [0.1, 0.15) is 41.6 Å². The fraction of sp³-hybridized carbons (Fsp3) is 0.286. The van der Waals surface area contributed by atoms with Crippen molar-refractivity contribution >= 4 is 23.2 Å². The van der Waals surface area contributed by atoms with Crippen LogP contribution in [0, 0.1) is 0 Å². The highest BCUT2D eigenvalue weighted by atomic mass is 16.5. The Labute approximate surface area is 200 Å². The summed E-state index contributed by atoms with van der Waals surface area (Å²) in [4.78, 5) is 27.1. The number of ether oxygens (including phenoxy) is 1. The molecule has 0 aromatic heterocycles. The van der Waals surface area contributed by atoms with Crippen LogP contribution in [0.15, 0.2) is 78.9 Å². The van der Waals surface area contributed by atoms with Crippen molar-refractivity contribution < 1.29 is 14.3 Å². The van der Waals surface area contributed by atoms with E-state index in [9.17, 15) is 9.59 Å². The SMILES string of the molecule is O=C(CNc1cccc(OCc2ccccc2)c1)Nc1ccc(C(=O)N2CCCCCC2)cc1. The highest BCUT2D eigenvalue weighted by molar-refractivity contribution is 5.96. The first kappa shape index (κ1) is 23.4. The molecule has 1 heterocycles. The molecule has 0 atom stereocenters. The van der Waals surface area contributed by atoms with Crippen molar-refractivity contribution in [2.45, 2.75) is 32.3 Å². The van der Waals surface area contributed by atoms with E-state index in [2.05, 4.69) is 10.6 Å². The number of nitrogens with one attached hydrogen (secondary N) is 2. The van der Waals surface area contributed by atoms with Gasteiger partial charge < -0.3 is 20.3 Å². The van der Waals surface area contributed by atoms with Gasteiger partial charge in [0.25, 0.3) is 5.91 Å². The summed E-state index contributed by atoms with van der Waals surface area (Å²) in [7, 11) is 0. The number of hydrogen-bond acceptors (Lipinski definition) is 4.